The molecule has 2 atom stereocenters. The normalized spacial score (nSPS) is 22.1. The van der Waals surface area contributed by atoms with Crippen LogP contribution in [0.25, 0.3) is 0 Å². The van der Waals surface area contributed by atoms with Gasteiger partial charge in [0.25, 0.3) is 11.8 Å². The summed E-state index contributed by atoms with van der Waals surface area (Å²) in [5, 5.41) is 3.15. The summed E-state index contributed by atoms with van der Waals surface area (Å²) in [6, 6.07) is 0. The highest BCUT2D eigenvalue weighted by Crippen LogP contribution is 2.39. The average Bonchev–Trinajstić information content (AvgIpc) is 3.11. The van der Waals surface area contributed by atoms with Gasteiger partial charge < -0.3 is 15.8 Å². The Labute approximate surface area is 138 Å². The van der Waals surface area contributed by atoms with Gasteiger partial charge in [-0.3, -0.25) is 14.4 Å². The molecule has 0 saturated heterocycles. The minimum absolute atomic E-state index is 0.0713. The highest BCUT2D eigenvalue weighted by molar-refractivity contribution is 7.17. The Morgan fingerprint density at radius 2 is 2.00 bits per heavy atom. The summed E-state index contributed by atoms with van der Waals surface area (Å²) in [4.78, 5) is 36.5. The first-order valence-corrected chi connectivity index (χ1v) is 8.70. The number of aryl methyl sites for hydroxylation is 1. The van der Waals surface area contributed by atoms with Crippen molar-refractivity contribution in [2.24, 2.45) is 17.6 Å². The Kier molecular flexibility index (Phi) is 4.39. The van der Waals surface area contributed by atoms with E-state index in [0.29, 0.717) is 16.5 Å². The van der Waals surface area contributed by atoms with E-state index < -0.39 is 11.8 Å². The van der Waals surface area contributed by atoms with Crippen molar-refractivity contribution in [2.75, 3.05) is 11.9 Å². The van der Waals surface area contributed by atoms with Gasteiger partial charge in [0.15, 0.2) is 6.61 Å². The van der Waals surface area contributed by atoms with Gasteiger partial charge in [-0.1, -0.05) is 6.92 Å². The van der Waals surface area contributed by atoms with E-state index in [-0.39, 0.29) is 18.5 Å². The van der Waals surface area contributed by atoms with E-state index in [0.717, 1.165) is 42.5 Å². The van der Waals surface area contributed by atoms with Crippen LogP contribution in [0.3, 0.4) is 0 Å². The smallest absolute Gasteiger partial charge is 0.309 e. The summed E-state index contributed by atoms with van der Waals surface area (Å²) >= 11 is 1.40. The van der Waals surface area contributed by atoms with Crippen LogP contribution < -0.4 is 11.1 Å². The van der Waals surface area contributed by atoms with E-state index in [1.54, 1.807) is 0 Å². The Balaban J connectivity index is 1.65. The van der Waals surface area contributed by atoms with Gasteiger partial charge in [-0.2, -0.15) is 0 Å². The molecule has 7 heteroatoms. The van der Waals surface area contributed by atoms with E-state index in [9.17, 15) is 14.4 Å². The second-order valence-electron chi connectivity index (χ2n) is 6.25. The fourth-order valence-electron chi connectivity index (χ4n) is 2.97. The summed E-state index contributed by atoms with van der Waals surface area (Å²) in [6.45, 7) is 1.64. The zero-order valence-electron chi connectivity index (χ0n) is 13.0. The highest BCUT2D eigenvalue weighted by atomic mass is 32.1. The lowest BCUT2D eigenvalue weighted by atomic mass is 9.95. The van der Waals surface area contributed by atoms with Gasteiger partial charge >= 0.3 is 5.97 Å². The van der Waals surface area contributed by atoms with Crippen LogP contribution in [0.5, 0.6) is 0 Å². The van der Waals surface area contributed by atoms with Crippen molar-refractivity contribution < 1.29 is 19.1 Å². The molecule has 1 saturated carbocycles. The molecule has 124 valence electrons. The van der Waals surface area contributed by atoms with Crippen molar-refractivity contribution >= 4 is 34.1 Å². The lowest BCUT2D eigenvalue weighted by molar-refractivity contribution is -0.148. The number of nitrogens with one attached hydrogen (secondary N) is 1. The predicted molar refractivity (Wildman–Crippen MR) is 86.3 cm³/mol. The first kappa shape index (κ1) is 16.0. The minimum atomic E-state index is -0.525. The Hall–Kier alpha value is -1.89. The Morgan fingerprint density at radius 1 is 1.30 bits per heavy atom. The summed E-state index contributed by atoms with van der Waals surface area (Å²) < 4.78 is 5.01. The van der Waals surface area contributed by atoms with Crippen molar-refractivity contribution in [3.8, 4) is 0 Å². The first-order chi connectivity index (χ1) is 11.0. The van der Waals surface area contributed by atoms with E-state index in [1.807, 2.05) is 6.92 Å². The van der Waals surface area contributed by atoms with Crippen LogP contribution >= 0.6 is 11.3 Å². The maximum Gasteiger partial charge on any atom is 0.309 e. The summed E-state index contributed by atoms with van der Waals surface area (Å²) in [5.74, 6) is -1.02. The molecule has 0 unspecified atom stereocenters. The van der Waals surface area contributed by atoms with Gasteiger partial charge in [0, 0.05) is 4.88 Å². The van der Waals surface area contributed by atoms with Crippen LogP contribution in [-0.2, 0) is 27.2 Å². The molecule has 1 aromatic rings. The van der Waals surface area contributed by atoms with E-state index in [1.165, 1.54) is 11.3 Å². The largest absolute Gasteiger partial charge is 0.455 e. The van der Waals surface area contributed by atoms with Crippen LogP contribution in [-0.4, -0.2) is 24.4 Å². The molecule has 0 spiro atoms. The molecule has 0 aliphatic heterocycles. The average molecular weight is 336 g/mol. The molecule has 0 radical (unpaired) electrons. The number of carbonyl (C=O) groups is 3. The molecule has 0 bridgehead atoms. The van der Waals surface area contributed by atoms with Crippen LogP contribution in [0.1, 0.15) is 47.0 Å². The van der Waals surface area contributed by atoms with E-state index in [2.05, 4.69) is 5.32 Å². The van der Waals surface area contributed by atoms with Gasteiger partial charge in [0.1, 0.15) is 5.00 Å². The van der Waals surface area contributed by atoms with Gasteiger partial charge in [-0.05, 0) is 43.6 Å². The fraction of sp³-hybridized carbons (Fsp3) is 0.562. The van der Waals surface area contributed by atoms with Crippen LogP contribution in [0.2, 0.25) is 0 Å². The zero-order valence-corrected chi connectivity index (χ0v) is 13.8. The first-order valence-electron chi connectivity index (χ1n) is 7.88. The molecular formula is C16H20N2O4S. The Bertz CT molecular complexity index is 667. The van der Waals surface area contributed by atoms with Crippen LogP contribution in [0.4, 0.5) is 5.00 Å². The topological polar surface area (TPSA) is 98.5 Å². The molecule has 1 fully saturated rings. The van der Waals surface area contributed by atoms with Gasteiger partial charge in [0.2, 0.25) is 0 Å². The number of fused-ring (bicyclic) bond motifs is 1. The molecule has 0 aromatic carbocycles. The number of esters is 1. The fourth-order valence-corrected chi connectivity index (χ4v) is 4.28. The van der Waals surface area contributed by atoms with Crippen molar-refractivity contribution in [3.63, 3.8) is 0 Å². The van der Waals surface area contributed by atoms with Crippen LogP contribution in [0, 0.1) is 11.8 Å². The number of primary amides is 1. The second kappa shape index (κ2) is 6.31. The SMILES string of the molecule is C[C@H]1C[C@H]1C(=O)OCC(=O)Nc1sc2c(c1C(N)=O)CCCC2. The lowest BCUT2D eigenvalue weighted by Crippen LogP contribution is -2.23. The third-order valence-electron chi connectivity index (χ3n) is 4.43. The summed E-state index contributed by atoms with van der Waals surface area (Å²) in [6.07, 6.45) is 4.65. The van der Waals surface area contributed by atoms with Gasteiger partial charge in [-0.25, -0.2) is 0 Å². The number of nitrogens with two attached hydrogens (primary N) is 1. The number of hydrogen-bond acceptors (Lipinski definition) is 5. The predicted octanol–water partition coefficient (Wildman–Crippen LogP) is 1.86. The second-order valence-corrected chi connectivity index (χ2v) is 7.36. The zero-order chi connectivity index (χ0) is 16.6. The number of carbonyl (C=O) groups excluding carboxylic acids is 3. The monoisotopic (exact) mass is 336 g/mol. The number of anilines is 1. The molecule has 3 rings (SSSR count). The van der Waals surface area contributed by atoms with Crippen molar-refractivity contribution in [3.05, 3.63) is 16.0 Å². The van der Waals surface area contributed by atoms with Gasteiger partial charge in [-0.15, -0.1) is 11.3 Å². The number of thiophene rings is 1. The minimum Gasteiger partial charge on any atom is -0.455 e. The van der Waals surface area contributed by atoms with Crippen molar-refractivity contribution in [1.29, 1.82) is 0 Å². The molecule has 1 aromatic heterocycles. The number of amides is 2. The number of ether oxygens (including phenoxy) is 1. The number of rotatable bonds is 5. The Morgan fingerprint density at radius 3 is 2.65 bits per heavy atom. The van der Waals surface area contributed by atoms with E-state index in [4.69, 9.17) is 10.5 Å². The maximum atomic E-state index is 12.0. The van der Waals surface area contributed by atoms with E-state index >= 15 is 0 Å². The van der Waals surface area contributed by atoms with Crippen molar-refractivity contribution in [2.45, 2.75) is 39.0 Å². The molecule has 23 heavy (non-hydrogen) atoms. The molecule has 2 aliphatic carbocycles. The molecule has 2 amide bonds. The maximum absolute atomic E-state index is 12.0. The van der Waals surface area contributed by atoms with Gasteiger partial charge in [0.05, 0.1) is 11.5 Å². The molecule has 6 nitrogen and oxygen atoms in total. The molecule has 1 heterocycles. The third kappa shape index (κ3) is 3.39. The summed E-state index contributed by atoms with van der Waals surface area (Å²) in [5.41, 5.74) is 6.86. The highest BCUT2D eigenvalue weighted by Gasteiger charge is 2.40. The third-order valence-corrected chi connectivity index (χ3v) is 5.64. The standard InChI is InChI=1S/C16H20N2O4S/c1-8-6-10(8)16(21)22-7-12(19)18-15-13(14(17)20)9-4-2-3-5-11(9)23-15/h8,10H,2-7H2,1H3,(H2,17,20)(H,18,19)/t8-,10+/m0/s1. The molecule has 2 aliphatic rings. The van der Waals surface area contributed by atoms with Crippen molar-refractivity contribution in [1.82, 2.24) is 0 Å². The summed E-state index contributed by atoms with van der Waals surface area (Å²) in [7, 11) is 0. The van der Waals surface area contributed by atoms with Crippen LogP contribution in [0.15, 0.2) is 0 Å². The molecule has 3 N–H and O–H groups in total. The number of hydrogen-bond donors (Lipinski definition) is 2. The lowest BCUT2D eigenvalue weighted by Gasteiger charge is -2.11. The quantitative estimate of drug-likeness (QED) is 0.802. The molecular weight excluding hydrogens is 316 g/mol.